The quantitative estimate of drug-likeness (QED) is 0.229. The Bertz CT molecular complexity index is 256. The van der Waals surface area contributed by atoms with Gasteiger partial charge in [-0.15, -0.1) is 0 Å². The molecule has 0 aliphatic heterocycles. The van der Waals surface area contributed by atoms with E-state index in [4.69, 9.17) is 10.2 Å². The van der Waals surface area contributed by atoms with Crippen LogP contribution in [0, 0.1) is 0 Å². The molecule has 4 nitrogen and oxygen atoms in total. The molecule has 3 N–H and O–H groups in total. The van der Waals surface area contributed by atoms with Gasteiger partial charge in [0.15, 0.2) is 0 Å². The third-order valence-electron chi connectivity index (χ3n) is 5.58. The lowest BCUT2D eigenvalue weighted by Crippen LogP contribution is -2.48. The van der Waals surface area contributed by atoms with E-state index in [1.807, 2.05) is 0 Å². The fraction of sp³-hybridized carbons (Fsp3) is 1.00. The fourth-order valence-electron chi connectivity index (χ4n) is 3.68. The van der Waals surface area contributed by atoms with Crippen molar-refractivity contribution in [2.75, 3.05) is 39.9 Å². The van der Waals surface area contributed by atoms with Gasteiger partial charge in [-0.2, -0.15) is 0 Å². The predicted molar refractivity (Wildman–Crippen MR) is 112 cm³/mol. The average molecular weight is 376 g/mol. The summed E-state index contributed by atoms with van der Waals surface area (Å²) in [6, 6.07) is 0. The maximum Gasteiger partial charge on any atom is 0.102 e. The molecule has 0 saturated heterocycles. The zero-order chi connectivity index (χ0) is 18.6. The Labute approximate surface area is 163 Å². The van der Waals surface area contributed by atoms with Crippen LogP contribution in [0.15, 0.2) is 0 Å². The molecule has 0 saturated carbocycles. The van der Waals surface area contributed by atoms with Gasteiger partial charge in [0.1, 0.15) is 13.1 Å². The van der Waals surface area contributed by atoms with Crippen molar-refractivity contribution >= 4 is 0 Å². The van der Waals surface area contributed by atoms with Gasteiger partial charge in [-0.3, -0.25) is 0 Å². The number of hydrogen-bond acceptors (Lipinski definition) is 3. The van der Waals surface area contributed by atoms with Crippen LogP contribution in [-0.2, 0) is 0 Å². The number of rotatable bonds is 20. The van der Waals surface area contributed by atoms with Crippen molar-refractivity contribution in [1.29, 1.82) is 0 Å². The summed E-state index contributed by atoms with van der Waals surface area (Å²) in [5.74, 6) is 0. The van der Waals surface area contributed by atoms with Crippen molar-refractivity contribution in [2.24, 2.45) is 0 Å². The lowest BCUT2D eigenvalue weighted by atomic mass is 10.0. The monoisotopic (exact) mass is 375 g/mol. The molecule has 0 aromatic rings. The third-order valence-corrected chi connectivity index (χ3v) is 5.58. The van der Waals surface area contributed by atoms with Gasteiger partial charge in [0, 0.05) is 0 Å². The van der Waals surface area contributed by atoms with Gasteiger partial charge in [0.25, 0.3) is 0 Å². The number of aliphatic hydroxyl groups is 2. The van der Waals surface area contributed by atoms with Crippen LogP contribution in [0.1, 0.15) is 103 Å². The maximum atomic E-state index is 9.16. The average Bonchev–Trinajstić information content (AvgIpc) is 2.59. The van der Waals surface area contributed by atoms with Crippen molar-refractivity contribution in [2.45, 2.75) is 103 Å². The highest BCUT2D eigenvalue weighted by molar-refractivity contribution is 4.50. The van der Waals surface area contributed by atoms with E-state index >= 15 is 0 Å². The van der Waals surface area contributed by atoms with Gasteiger partial charge in [-0.25, -0.2) is 0 Å². The first-order valence-corrected chi connectivity index (χ1v) is 11.2. The molecule has 0 heterocycles. The third kappa shape index (κ3) is 18.6. The fourth-order valence-corrected chi connectivity index (χ4v) is 3.68. The number of hydrogen-bond donors (Lipinski definition) is 2. The van der Waals surface area contributed by atoms with Crippen LogP contribution in [0.3, 0.4) is 0 Å². The van der Waals surface area contributed by atoms with Gasteiger partial charge in [-0.1, -0.05) is 90.4 Å². The first-order chi connectivity index (χ1) is 12.2. The normalized spacial score (nSPS) is 11.5. The number of likely N-dealkylation sites (N-methyl/N-ethyl adjacent to an activating group) is 1. The largest absolute Gasteiger partial charge is 0.870 e. The van der Waals surface area contributed by atoms with Gasteiger partial charge in [-0.05, 0) is 12.8 Å². The van der Waals surface area contributed by atoms with Gasteiger partial charge >= 0.3 is 0 Å². The summed E-state index contributed by atoms with van der Waals surface area (Å²) < 4.78 is 0.811. The van der Waals surface area contributed by atoms with Gasteiger partial charge in [0.05, 0.1) is 26.8 Å². The molecule has 0 fully saturated rings. The molecule has 0 aliphatic carbocycles. The summed E-state index contributed by atoms with van der Waals surface area (Å²) in [6.07, 6.45) is 20.9. The molecular formula is C22H49NO3. The Balaban J connectivity index is 0. The molecule has 4 heteroatoms. The Morgan fingerprint density at radius 3 is 1.12 bits per heavy atom. The zero-order valence-corrected chi connectivity index (χ0v) is 17.9. The zero-order valence-electron chi connectivity index (χ0n) is 17.9. The number of aliphatic hydroxyl groups excluding tert-OH is 2. The second-order valence-corrected chi connectivity index (χ2v) is 8.19. The van der Waals surface area contributed by atoms with Crippen molar-refractivity contribution < 1.29 is 20.2 Å². The smallest absolute Gasteiger partial charge is 0.102 e. The molecule has 160 valence electrons. The molecule has 0 amide bonds. The van der Waals surface area contributed by atoms with Gasteiger partial charge < -0.3 is 20.2 Å². The molecule has 0 spiro atoms. The summed E-state index contributed by atoms with van der Waals surface area (Å²) in [6.45, 7) is 5.33. The summed E-state index contributed by atoms with van der Waals surface area (Å²) >= 11 is 0. The molecule has 0 rings (SSSR count). The topological polar surface area (TPSA) is 70.5 Å². The minimum Gasteiger partial charge on any atom is -0.870 e. The minimum atomic E-state index is 0. The molecule has 0 bridgehead atoms. The first kappa shape index (κ1) is 28.1. The van der Waals surface area contributed by atoms with Crippen LogP contribution in [0.25, 0.3) is 0 Å². The van der Waals surface area contributed by atoms with Crippen molar-refractivity contribution in [3.05, 3.63) is 0 Å². The van der Waals surface area contributed by atoms with E-state index in [1.165, 1.54) is 96.3 Å². The molecule has 0 aliphatic rings. The lowest BCUT2D eigenvalue weighted by Gasteiger charge is -2.33. The SMILES string of the molecule is CCCCCCCCCCCCCCCCC[N+](C)(CCO)CCO.[OH-]. The molecule has 0 unspecified atom stereocenters. The highest BCUT2D eigenvalue weighted by Crippen LogP contribution is 2.14. The minimum absolute atomic E-state index is 0. The second kappa shape index (κ2) is 21.1. The van der Waals surface area contributed by atoms with Crippen LogP contribution in [-0.4, -0.2) is 60.1 Å². The van der Waals surface area contributed by atoms with E-state index < -0.39 is 0 Å². The van der Waals surface area contributed by atoms with E-state index in [2.05, 4.69) is 14.0 Å². The van der Waals surface area contributed by atoms with Crippen LogP contribution in [0.2, 0.25) is 0 Å². The number of unbranched alkanes of at least 4 members (excludes halogenated alkanes) is 14. The number of nitrogens with zero attached hydrogens (tertiary/aromatic N) is 1. The lowest BCUT2D eigenvalue weighted by molar-refractivity contribution is -0.910. The van der Waals surface area contributed by atoms with Gasteiger partial charge in [0.2, 0.25) is 0 Å². The summed E-state index contributed by atoms with van der Waals surface area (Å²) in [5, 5.41) is 18.3. The molecule has 0 atom stereocenters. The van der Waals surface area contributed by atoms with Crippen molar-refractivity contribution in [3.8, 4) is 0 Å². The molecule has 0 aromatic carbocycles. The van der Waals surface area contributed by atoms with E-state index in [1.54, 1.807) is 0 Å². The molecular weight excluding hydrogens is 326 g/mol. The molecule has 26 heavy (non-hydrogen) atoms. The van der Waals surface area contributed by atoms with E-state index in [0.29, 0.717) is 0 Å². The summed E-state index contributed by atoms with van der Waals surface area (Å²) in [4.78, 5) is 0. The second-order valence-electron chi connectivity index (χ2n) is 8.19. The molecule has 0 radical (unpaired) electrons. The van der Waals surface area contributed by atoms with E-state index in [-0.39, 0.29) is 18.7 Å². The standard InChI is InChI=1S/C22H48NO2.H2O/c1-3-4-5-6-7-8-9-10-11-12-13-14-15-16-17-18-23(2,19-21-24)20-22-25;/h24-25H,3-22H2,1-2H3;1H2/q+1;/p-1. The first-order valence-electron chi connectivity index (χ1n) is 11.2. The van der Waals surface area contributed by atoms with Crippen molar-refractivity contribution in [1.82, 2.24) is 0 Å². The highest BCUT2D eigenvalue weighted by atomic mass is 16.3. The molecule has 0 aromatic heterocycles. The van der Waals surface area contributed by atoms with E-state index in [0.717, 1.165) is 24.1 Å². The highest BCUT2D eigenvalue weighted by Gasteiger charge is 2.19. The Morgan fingerprint density at radius 1 is 0.500 bits per heavy atom. The van der Waals surface area contributed by atoms with Crippen LogP contribution < -0.4 is 0 Å². The maximum absolute atomic E-state index is 9.16. The van der Waals surface area contributed by atoms with Crippen LogP contribution in [0.5, 0.6) is 0 Å². The number of quaternary nitrogens is 1. The van der Waals surface area contributed by atoms with Crippen LogP contribution in [0.4, 0.5) is 0 Å². The summed E-state index contributed by atoms with van der Waals surface area (Å²) in [7, 11) is 2.15. The van der Waals surface area contributed by atoms with Crippen LogP contribution >= 0.6 is 0 Å². The Kier molecular flexibility index (Phi) is 22.8. The Hall–Kier alpha value is -0.160. The predicted octanol–water partition coefficient (Wildman–Crippen LogP) is 5.11. The Morgan fingerprint density at radius 2 is 0.808 bits per heavy atom. The van der Waals surface area contributed by atoms with E-state index in [9.17, 15) is 0 Å². The summed E-state index contributed by atoms with van der Waals surface area (Å²) in [5.41, 5.74) is 0. The van der Waals surface area contributed by atoms with Crippen molar-refractivity contribution in [3.63, 3.8) is 0 Å².